The van der Waals surface area contributed by atoms with E-state index in [2.05, 4.69) is 5.32 Å². The molecule has 0 aliphatic carbocycles. The molecule has 52 heavy (non-hydrogen) atoms. The Hall–Kier alpha value is -6.24. The molecule has 3 unspecified atom stereocenters. The van der Waals surface area contributed by atoms with E-state index in [0.29, 0.717) is 33.8 Å². The van der Waals surface area contributed by atoms with Crippen molar-refractivity contribution in [3.05, 3.63) is 63.9 Å². The summed E-state index contributed by atoms with van der Waals surface area (Å²) in [5.74, 6) is -3.55. The van der Waals surface area contributed by atoms with Gasteiger partial charge < -0.3 is 45.1 Å². The zero-order valence-corrected chi connectivity index (χ0v) is 29.1. The zero-order chi connectivity index (χ0) is 37.5. The summed E-state index contributed by atoms with van der Waals surface area (Å²) in [4.78, 5) is 53.2. The summed E-state index contributed by atoms with van der Waals surface area (Å²) in [5.41, 5.74) is 0.711. The molecule has 0 saturated carbocycles. The SMILES string of the molecule is CCC(C)c1cc2c(O)c3ccc4c(OC)c5c(=O)c6c(C)ccc(O)c6cc5c(O)c4c3cc2c(O)n1CC(=O)N1CC(C(=O)O)NC(=O)C1C. The van der Waals surface area contributed by atoms with E-state index in [4.69, 9.17) is 4.74 Å². The fourth-order valence-corrected chi connectivity index (χ4v) is 7.56. The summed E-state index contributed by atoms with van der Waals surface area (Å²) >= 11 is 0. The summed E-state index contributed by atoms with van der Waals surface area (Å²) in [6.07, 6.45) is 0.605. The molecule has 13 heteroatoms. The van der Waals surface area contributed by atoms with Gasteiger partial charge in [0.05, 0.1) is 19.0 Å². The molecular weight excluding hydrogens is 670 g/mol. The van der Waals surface area contributed by atoms with Crippen LogP contribution >= 0.6 is 0 Å². The lowest BCUT2D eigenvalue weighted by Crippen LogP contribution is -2.63. The molecule has 1 fully saturated rings. The maximum absolute atomic E-state index is 14.0. The van der Waals surface area contributed by atoms with Crippen molar-refractivity contribution in [2.45, 2.75) is 58.7 Å². The van der Waals surface area contributed by atoms with Crippen molar-refractivity contribution in [2.24, 2.45) is 0 Å². The minimum Gasteiger partial charge on any atom is -0.507 e. The topological polar surface area (TPSA) is 199 Å². The van der Waals surface area contributed by atoms with Crippen molar-refractivity contribution < 1.29 is 44.7 Å². The van der Waals surface area contributed by atoms with E-state index >= 15 is 0 Å². The Bertz CT molecular complexity index is 2630. The molecule has 1 aliphatic heterocycles. The highest BCUT2D eigenvalue weighted by Gasteiger charge is 2.38. The van der Waals surface area contributed by atoms with Crippen molar-refractivity contribution in [2.75, 3.05) is 13.7 Å². The average molecular weight is 708 g/mol. The number of benzene rings is 5. The molecule has 1 saturated heterocycles. The van der Waals surface area contributed by atoms with Crippen LogP contribution in [0.15, 0.2) is 47.3 Å². The van der Waals surface area contributed by atoms with Gasteiger partial charge in [-0.2, -0.15) is 0 Å². The molecule has 2 amide bonds. The van der Waals surface area contributed by atoms with Crippen LogP contribution in [0.25, 0.3) is 53.9 Å². The molecule has 6 aromatic rings. The summed E-state index contributed by atoms with van der Waals surface area (Å²) in [6, 6.07) is 8.91. The van der Waals surface area contributed by atoms with Crippen LogP contribution in [0.2, 0.25) is 0 Å². The number of nitrogens with one attached hydrogen (secondary N) is 1. The second kappa shape index (κ2) is 12.2. The number of carboxylic acids is 1. The lowest BCUT2D eigenvalue weighted by atomic mass is 9.91. The number of fused-ring (bicyclic) bond motifs is 6. The molecule has 2 heterocycles. The van der Waals surface area contributed by atoms with E-state index in [1.807, 2.05) is 13.8 Å². The number of pyridine rings is 1. The second-order valence-corrected chi connectivity index (χ2v) is 13.5. The van der Waals surface area contributed by atoms with Crippen molar-refractivity contribution in [3.8, 4) is 28.9 Å². The quantitative estimate of drug-likeness (QED) is 0.100. The highest BCUT2D eigenvalue weighted by atomic mass is 16.5. The van der Waals surface area contributed by atoms with Crippen molar-refractivity contribution in [1.82, 2.24) is 14.8 Å². The maximum Gasteiger partial charge on any atom is 0.328 e. The van der Waals surface area contributed by atoms with Gasteiger partial charge in [-0.25, -0.2) is 4.79 Å². The van der Waals surface area contributed by atoms with Crippen LogP contribution in [0, 0.1) is 6.92 Å². The van der Waals surface area contributed by atoms with E-state index in [1.54, 1.807) is 37.3 Å². The normalized spacial score (nSPS) is 16.9. The predicted octanol–water partition coefficient (Wildman–Crippen LogP) is 5.07. The smallest absolute Gasteiger partial charge is 0.328 e. The van der Waals surface area contributed by atoms with Gasteiger partial charge in [-0.05, 0) is 73.5 Å². The Balaban J connectivity index is 1.51. The van der Waals surface area contributed by atoms with Gasteiger partial charge in [0.2, 0.25) is 11.8 Å². The van der Waals surface area contributed by atoms with Crippen LogP contribution in [0.3, 0.4) is 0 Å². The average Bonchev–Trinajstić information content (AvgIpc) is 3.12. The second-order valence-electron chi connectivity index (χ2n) is 13.5. The van der Waals surface area contributed by atoms with Crippen LogP contribution in [0.4, 0.5) is 0 Å². The van der Waals surface area contributed by atoms with Crippen molar-refractivity contribution >= 4 is 71.6 Å². The fraction of sp³-hybridized carbons (Fsp3) is 0.282. The number of ether oxygens (including phenoxy) is 1. The Morgan fingerprint density at radius 2 is 1.58 bits per heavy atom. The van der Waals surface area contributed by atoms with Gasteiger partial charge in [0.25, 0.3) is 0 Å². The number of carbonyl (C=O) groups excluding carboxylic acids is 2. The third kappa shape index (κ3) is 4.90. The van der Waals surface area contributed by atoms with Crippen LogP contribution in [-0.2, 0) is 20.9 Å². The number of phenols is 3. The number of phenolic OH excluding ortho intramolecular Hbond substituents is 3. The number of hydrogen-bond donors (Lipinski definition) is 6. The number of piperazine rings is 1. The van der Waals surface area contributed by atoms with Crippen LogP contribution in [0.5, 0.6) is 28.9 Å². The number of hydrogen-bond acceptors (Lipinski definition) is 9. The molecule has 13 nitrogen and oxygen atoms in total. The fourth-order valence-electron chi connectivity index (χ4n) is 7.56. The monoisotopic (exact) mass is 707 g/mol. The summed E-state index contributed by atoms with van der Waals surface area (Å²) in [5, 5.41) is 60.7. The molecule has 7 rings (SSSR count). The number of aromatic hydroxyl groups is 4. The minimum absolute atomic E-state index is 0.112. The van der Waals surface area contributed by atoms with Crippen LogP contribution in [0.1, 0.15) is 44.4 Å². The lowest BCUT2D eigenvalue weighted by molar-refractivity contribution is -0.151. The van der Waals surface area contributed by atoms with Gasteiger partial charge in [0.1, 0.15) is 41.6 Å². The zero-order valence-electron chi connectivity index (χ0n) is 29.1. The predicted molar refractivity (Wildman–Crippen MR) is 196 cm³/mol. The largest absolute Gasteiger partial charge is 0.507 e. The molecule has 268 valence electrons. The van der Waals surface area contributed by atoms with E-state index < -0.39 is 41.8 Å². The van der Waals surface area contributed by atoms with Crippen molar-refractivity contribution in [1.29, 1.82) is 0 Å². The molecule has 0 spiro atoms. The summed E-state index contributed by atoms with van der Waals surface area (Å²) in [6.45, 7) is 6.36. The third-order valence-corrected chi connectivity index (χ3v) is 10.6. The number of rotatable bonds is 6. The highest BCUT2D eigenvalue weighted by Crippen LogP contribution is 2.49. The molecule has 6 N–H and O–H groups in total. The Morgan fingerprint density at radius 1 is 0.885 bits per heavy atom. The van der Waals surface area contributed by atoms with Gasteiger partial charge in [-0.3, -0.25) is 14.4 Å². The van der Waals surface area contributed by atoms with E-state index in [-0.39, 0.29) is 79.0 Å². The first-order valence-electron chi connectivity index (χ1n) is 16.8. The van der Waals surface area contributed by atoms with Gasteiger partial charge >= 0.3 is 5.97 Å². The molecule has 5 aromatic carbocycles. The van der Waals surface area contributed by atoms with E-state index in [0.717, 1.165) is 0 Å². The maximum atomic E-state index is 14.0. The molecule has 1 aliphatic rings. The van der Waals surface area contributed by atoms with Gasteiger partial charge in [-0.15, -0.1) is 0 Å². The molecular formula is C39H37N3O10. The molecule has 3 atom stereocenters. The Labute approximate surface area is 295 Å². The van der Waals surface area contributed by atoms with Gasteiger partial charge in [0.15, 0.2) is 11.3 Å². The Kier molecular flexibility index (Phi) is 8.04. The number of aromatic nitrogens is 1. The number of aliphatic carboxylic acids is 1. The van der Waals surface area contributed by atoms with Gasteiger partial charge in [0, 0.05) is 48.8 Å². The van der Waals surface area contributed by atoms with Gasteiger partial charge in [-0.1, -0.05) is 19.9 Å². The standard InChI is InChI=1S/C39H37N3O10/c1-6-16(2)27-13-22-23(38(49)42(27)15-29(44)41-14-26(39(50)51)40-37(48)18(41)4)11-21-19(33(22)45)8-9-20-31(21)34(46)25-12-24-28(43)10-7-17(3)30(24)35(47)32(25)36(20)52-5/h7-13,16,18,26,43,45-46,49H,6,14-15H2,1-5H3,(H,40,48)(H,50,51). The van der Waals surface area contributed by atoms with Crippen molar-refractivity contribution in [3.63, 3.8) is 0 Å². The first-order valence-corrected chi connectivity index (χ1v) is 16.8. The lowest BCUT2D eigenvalue weighted by Gasteiger charge is -2.36. The number of amides is 2. The van der Waals surface area contributed by atoms with E-state index in [1.165, 1.54) is 35.6 Å². The molecule has 0 radical (unpaired) electrons. The molecule has 1 aromatic heterocycles. The minimum atomic E-state index is -1.29. The first kappa shape index (κ1) is 34.2. The third-order valence-electron chi connectivity index (χ3n) is 10.6. The number of nitrogens with zero attached hydrogens (tertiary/aromatic N) is 2. The number of carboxylic acid groups (broad SMARTS) is 1. The molecule has 0 bridgehead atoms. The highest BCUT2D eigenvalue weighted by molar-refractivity contribution is 6.25. The van der Waals surface area contributed by atoms with Crippen LogP contribution < -0.4 is 15.5 Å². The Morgan fingerprint density at radius 3 is 2.25 bits per heavy atom. The number of aryl methyl sites for hydroxylation is 1. The summed E-state index contributed by atoms with van der Waals surface area (Å²) < 4.78 is 7.19. The van der Waals surface area contributed by atoms with E-state index in [9.17, 15) is 44.7 Å². The number of carbonyl (C=O) groups is 3. The summed E-state index contributed by atoms with van der Waals surface area (Å²) in [7, 11) is 1.40. The van der Waals surface area contributed by atoms with Crippen LogP contribution in [-0.4, -0.2) is 78.5 Å². The first-order chi connectivity index (χ1) is 24.7. The number of methoxy groups -OCH3 is 1.